The van der Waals surface area contributed by atoms with Gasteiger partial charge in [-0.3, -0.25) is 9.67 Å². The number of hydrogen-bond donors (Lipinski definition) is 2. The molecule has 1 heterocycles. The third kappa shape index (κ3) is 7.97. The van der Waals surface area contributed by atoms with E-state index in [1.54, 1.807) is 0 Å². The van der Waals surface area contributed by atoms with E-state index in [9.17, 15) is 0 Å². The lowest BCUT2D eigenvalue weighted by atomic mass is 9.98. The number of hydrogen-bond acceptors (Lipinski definition) is 3. The molecule has 1 aliphatic carbocycles. The van der Waals surface area contributed by atoms with Crippen LogP contribution in [-0.2, 0) is 18.2 Å². The lowest BCUT2D eigenvalue weighted by molar-refractivity contribution is 0.0277. The van der Waals surface area contributed by atoms with E-state index >= 15 is 0 Å². The molecule has 156 valence electrons. The summed E-state index contributed by atoms with van der Waals surface area (Å²) < 4.78 is 7.93. The number of aryl methyl sites for hydroxylation is 2. The molecule has 1 aromatic rings. The van der Waals surface area contributed by atoms with Crippen LogP contribution in [-0.4, -0.2) is 48.1 Å². The van der Waals surface area contributed by atoms with Gasteiger partial charge in [-0.25, -0.2) is 0 Å². The lowest BCUT2D eigenvalue weighted by Gasteiger charge is -2.22. The number of halogens is 1. The Morgan fingerprint density at radius 2 is 2.00 bits per heavy atom. The van der Waals surface area contributed by atoms with Crippen LogP contribution in [0, 0.1) is 13.8 Å². The molecule has 0 bridgehead atoms. The summed E-state index contributed by atoms with van der Waals surface area (Å²) in [7, 11) is 3.82. The highest BCUT2D eigenvalue weighted by molar-refractivity contribution is 14.0. The second-order valence-electron chi connectivity index (χ2n) is 7.51. The molecule has 0 amide bonds. The van der Waals surface area contributed by atoms with Crippen molar-refractivity contribution in [1.82, 2.24) is 20.4 Å². The van der Waals surface area contributed by atoms with Crippen LogP contribution in [0.2, 0.25) is 0 Å². The molecule has 1 saturated carbocycles. The Kier molecular flexibility index (Phi) is 11.3. The molecule has 1 fully saturated rings. The second-order valence-corrected chi connectivity index (χ2v) is 7.51. The van der Waals surface area contributed by atoms with Gasteiger partial charge in [0.15, 0.2) is 5.96 Å². The van der Waals surface area contributed by atoms with Gasteiger partial charge in [-0.1, -0.05) is 19.3 Å². The summed E-state index contributed by atoms with van der Waals surface area (Å²) in [6, 6.07) is 0.293. The van der Waals surface area contributed by atoms with Crippen molar-refractivity contribution >= 4 is 29.9 Å². The van der Waals surface area contributed by atoms with Gasteiger partial charge in [0.1, 0.15) is 0 Å². The van der Waals surface area contributed by atoms with Crippen molar-refractivity contribution in [2.75, 3.05) is 20.2 Å². The molecule has 2 N–H and O–H groups in total. The molecule has 0 spiro atoms. The number of ether oxygens (including phenoxy) is 1. The standard InChI is InChI=1S/C20H37N5O.HI/c1-15(14-19-16(2)24-25(5)17(19)3)23-20(21-4)22-12-9-13-26-18-10-7-6-8-11-18;/h15,18H,6-14H2,1-5H3,(H2,21,22,23);1H. The van der Waals surface area contributed by atoms with Gasteiger partial charge < -0.3 is 15.4 Å². The van der Waals surface area contributed by atoms with Crippen LogP contribution in [0.1, 0.15) is 62.4 Å². The summed E-state index contributed by atoms with van der Waals surface area (Å²) in [6.07, 6.45) is 8.94. The first-order valence-corrected chi connectivity index (χ1v) is 10.1. The van der Waals surface area contributed by atoms with E-state index in [1.165, 1.54) is 43.4 Å². The Morgan fingerprint density at radius 3 is 2.59 bits per heavy atom. The molecule has 0 saturated heterocycles. The minimum absolute atomic E-state index is 0. The van der Waals surface area contributed by atoms with E-state index in [1.807, 2.05) is 18.8 Å². The van der Waals surface area contributed by atoms with Crippen molar-refractivity contribution in [2.24, 2.45) is 12.0 Å². The average Bonchev–Trinajstić information content (AvgIpc) is 2.87. The van der Waals surface area contributed by atoms with Crippen LogP contribution in [0.3, 0.4) is 0 Å². The van der Waals surface area contributed by atoms with E-state index in [-0.39, 0.29) is 24.0 Å². The molecule has 2 rings (SSSR count). The number of aromatic nitrogens is 2. The number of nitrogens with zero attached hydrogens (tertiary/aromatic N) is 3. The third-order valence-electron chi connectivity index (χ3n) is 5.30. The normalized spacial score (nSPS) is 16.7. The van der Waals surface area contributed by atoms with Crippen LogP contribution in [0.4, 0.5) is 0 Å². The van der Waals surface area contributed by atoms with Crippen molar-refractivity contribution in [3.8, 4) is 0 Å². The molecule has 0 aliphatic heterocycles. The van der Waals surface area contributed by atoms with Gasteiger partial charge in [0.2, 0.25) is 0 Å². The zero-order valence-corrected chi connectivity index (χ0v) is 20.0. The van der Waals surface area contributed by atoms with Crippen molar-refractivity contribution in [3.63, 3.8) is 0 Å². The molecule has 0 aromatic carbocycles. The first kappa shape index (κ1) is 24.2. The lowest BCUT2D eigenvalue weighted by Crippen LogP contribution is -2.43. The molecule has 1 aromatic heterocycles. The van der Waals surface area contributed by atoms with Crippen LogP contribution in [0.15, 0.2) is 4.99 Å². The van der Waals surface area contributed by atoms with E-state index in [4.69, 9.17) is 4.74 Å². The average molecular weight is 491 g/mol. The fraction of sp³-hybridized carbons (Fsp3) is 0.800. The van der Waals surface area contributed by atoms with Gasteiger partial charge >= 0.3 is 0 Å². The molecule has 6 nitrogen and oxygen atoms in total. The van der Waals surface area contributed by atoms with Gasteiger partial charge in [0.25, 0.3) is 0 Å². The van der Waals surface area contributed by atoms with E-state index < -0.39 is 0 Å². The fourth-order valence-corrected chi connectivity index (χ4v) is 3.66. The van der Waals surface area contributed by atoms with Crippen molar-refractivity contribution in [2.45, 2.75) is 77.9 Å². The predicted octanol–water partition coefficient (Wildman–Crippen LogP) is 3.49. The molecular formula is C20H38IN5O. The van der Waals surface area contributed by atoms with Gasteiger partial charge in [0.05, 0.1) is 11.8 Å². The monoisotopic (exact) mass is 491 g/mol. The summed E-state index contributed by atoms with van der Waals surface area (Å²) in [4.78, 5) is 4.34. The van der Waals surface area contributed by atoms with Crippen LogP contribution in [0.25, 0.3) is 0 Å². The molecular weight excluding hydrogens is 453 g/mol. The van der Waals surface area contributed by atoms with E-state index in [0.717, 1.165) is 37.6 Å². The van der Waals surface area contributed by atoms with Crippen molar-refractivity contribution in [1.29, 1.82) is 0 Å². The minimum atomic E-state index is 0. The van der Waals surface area contributed by atoms with E-state index in [0.29, 0.717) is 12.1 Å². The first-order chi connectivity index (χ1) is 12.5. The number of aliphatic imine (C=N–C) groups is 1. The Morgan fingerprint density at radius 1 is 1.30 bits per heavy atom. The summed E-state index contributed by atoms with van der Waals surface area (Å²) >= 11 is 0. The number of rotatable bonds is 8. The molecule has 1 unspecified atom stereocenters. The topological polar surface area (TPSA) is 63.5 Å². The number of nitrogens with one attached hydrogen (secondary N) is 2. The maximum absolute atomic E-state index is 5.98. The van der Waals surface area contributed by atoms with Crippen LogP contribution < -0.4 is 10.6 Å². The number of guanidine groups is 1. The van der Waals surface area contributed by atoms with Crippen molar-refractivity contribution < 1.29 is 4.74 Å². The SMILES string of the molecule is CN=C(NCCCOC1CCCCC1)NC(C)Cc1c(C)nn(C)c1C.I. The summed E-state index contributed by atoms with van der Waals surface area (Å²) in [5.74, 6) is 0.856. The van der Waals surface area contributed by atoms with Gasteiger partial charge in [-0.15, -0.1) is 24.0 Å². The smallest absolute Gasteiger partial charge is 0.191 e. The third-order valence-corrected chi connectivity index (χ3v) is 5.30. The van der Waals surface area contributed by atoms with Crippen LogP contribution in [0.5, 0.6) is 0 Å². The Bertz CT molecular complexity index is 581. The van der Waals surface area contributed by atoms with Gasteiger partial charge in [-0.2, -0.15) is 5.10 Å². The van der Waals surface area contributed by atoms with Gasteiger partial charge in [0, 0.05) is 39.0 Å². The predicted molar refractivity (Wildman–Crippen MR) is 123 cm³/mol. The molecule has 27 heavy (non-hydrogen) atoms. The maximum atomic E-state index is 5.98. The highest BCUT2D eigenvalue weighted by atomic mass is 127. The molecule has 7 heteroatoms. The fourth-order valence-electron chi connectivity index (χ4n) is 3.66. The Labute approximate surface area is 181 Å². The van der Waals surface area contributed by atoms with Crippen LogP contribution >= 0.6 is 24.0 Å². The first-order valence-electron chi connectivity index (χ1n) is 10.1. The second kappa shape index (κ2) is 12.6. The van der Waals surface area contributed by atoms with Gasteiger partial charge in [-0.05, 0) is 52.0 Å². The van der Waals surface area contributed by atoms with Crippen molar-refractivity contribution in [3.05, 3.63) is 17.0 Å². The quantitative estimate of drug-likeness (QED) is 0.253. The highest BCUT2D eigenvalue weighted by Crippen LogP contribution is 2.20. The minimum Gasteiger partial charge on any atom is -0.378 e. The van der Waals surface area contributed by atoms with E-state index in [2.05, 4.69) is 41.5 Å². The molecule has 0 radical (unpaired) electrons. The Hall–Kier alpha value is -0.830. The molecule has 1 aliphatic rings. The maximum Gasteiger partial charge on any atom is 0.191 e. The zero-order chi connectivity index (χ0) is 18.9. The summed E-state index contributed by atoms with van der Waals surface area (Å²) in [5, 5.41) is 11.4. The zero-order valence-electron chi connectivity index (χ0n) is 17.7. The summed E-state index contributed by atoms with van der Waals surface area (Å²) in [6.45, 7) is 8.10. The largest absolute Gasteiger partial charge is 0.378 e. The summed E-state index contributed by atoms with van der Waals surface area (Å²) in [5.41, 5.74) is 3.67. The highest BCUT2D eigenvalue weighted by Gasteiger charge is 2.15. The molecule has 1 atom stereocenters. The Balaban J connectivity index is 0.00000364.